The van der Waals surface area contributed by atoms with Crippen molar-refractivity contribution in [1.82, 2.24) is 5.32 Å². The van der Waals surface area contributed by atoms with Crippen LogP contribution in [0.15, 0.2) is 30.3 Å². The van der Waals surface area contributed by atoms with E-state index in [0.29, 0.717) is 0 Å². The van der Waals surface area contributed by atoms with Crippen molar-refractivity contribution in [2.75, 3.05) is 7.05 Å². The zero-order valence-electron chi connectivity index (χ0n) is 9.12. The number of aliphatic hydroxyl groups is 1. The number of hydrogen-bond donors (Lipinski definition) is 2. The monoisotopic (exact) mass is 193 g/mol. The summed E-state index contributed by atoms with van der Waals surface area (Å²) < 4.78 is 0. The highest BCUT2D eigenvalue weighted by Gasteiger charge is 2.29. The number of rotatable bonds is 4. The summed E-state index contributed by atoms with van der Waals surface area (Å²) in [4.78, 5) is 0. The molecule has 1 aromatic rings. The summed E-state index contributed by atoms with van der Waals surface area (Å²) in [6.45, 7) is 3.86. The quantitative estimate of drug-likeness (QED) is 0.767. The molecule has 2 atom stereocenters. The predicted octanol–water partition coefficient (Wildman–Crippen LogP) is 2.11. The molecule has 0 heterocycles. The van der Waals surface area contributed by atoms with Crippen molar-refractivity contribution >= 4 is 0 Å². The second kappa shape index (κ2) is 4.58. The van der Waals surface area contributed by atoms with Crippen molar-refractivity contribution < 1.29 is 5.11 Å². The van der Waals surface area contributed by atoms with E-state index >= 15 is 0 Å². The summed E-state index contributed by atoms with van der Waals surface area (Å²) in [5, 5.41) is 13.3. The Morgan fingerprint density at radius 3 is 2.36 bits per heavy atom. The maximum atomic E-state index is 10.2. The molecule has 2 nitrogen and oxygen atoms in total. The van der Waals surface area contributed by atoms with Crippen LogP contribution < -0.4 is 5.32 Å². The average Bonchev–Trinajstić information content (AvgIpc) is 2.20. The third-order valence-corrected chi connectivity index (χ3v) is 2.76. The summed E-state index contributed by atoms with van der Waals surface area (Å²) in [5.74, 6) is 0. The summed E-state index contributed by atoms with van der Waals surface area (Å²) in [6, 6.07) is 10.0. The van der Waals surface area contributed by atoms with Crippen LogP contribution in [0.25, 0.3) is 0 Å². The zero-order valence-corrected chi connectivity index (χ0v) is 9.12. The first kappa shape index (κ1) is 11.2. The minimum atomic E-state index is -0.698. The smallest absolute Gasteiger partial charge is 0.0810 e. The van der Waals surface area contributed by atoms with Gasteiger partial charge in [0.2, 0.25) is 0 Å². The van der Waals surface area contributed by atoms with E-state index in [-0.39, 0.29) is 6.04 Å². The molecule has 0 saturated carbocycles. The van der Waals surface area contributed by atoms with E-state index in [0.717, 1.165) is 12.0 Å². The van der Waals surface area contributed by atoms with Gasteiger partial charge in [-0.2, -0.15) is 0 Å². The Morgan fingerprint density at radius 2 is 1.93 bits per heavy atom. The van der Waals surface area contributed by atoms with Crippen molar-refractivity contribution in [1.29, 1.82) is 0 Å². The van der Waals surface area contributed by atoms with Gasteiger partial charge in [-0.25, -0.2) is 0 Å². The van der Waals surface area contributed by atoms with Crippen molar-refractivity contribution in [3.05, 3.63) is 35.9 Å². The molecule has 0 aliphatic rings. The standard InChI is InChI=1S/C12H19NO/c1-4-12(2,14)11(13-3)10-8-6-5-7-9-10/h5-9,11,13-14H,4H2,1-3H3/t11-,12-/m1/s1. The topological polar surface area (TPSA) is 32.3 Å². The van der Waals surface area contributed by atoms with Gasteiger partial charge in [0.1, 0.15) is 0 Å². The van der Waals surface area contributed by atoms with Crippen LogP contribution in [-0.4, -0.2) is 17.8 Å². The van der Waals surface area contributed by atoms with E-state index in [1.54, 1.807) is 0 Å². The van der Waals surface area contributed by atoms with Crippen LogP contribution in [0, 0.1) is 0 Å². The Bertz CT molecular complexity index is 269. The molecule has 2 heteroatoms. The zero-order chi connectivity index (χ0) is 10.6. The third kappa shape index (κ3) is 2.34. The number of likely N-dealkylation sites (N-methyl/N-ethyl adjacent to an activating group) is 1. The first-order valence-electron chi connectivity index (χ1n) is 5.06. The molecule has 0 saturated heterocycles. The third-order valence-electron chi connectivity index (χ3n) is 2.76. The molecule has 2 N–H and O–H groups in total. The van der Waals surface area contributed by atoms with Gasteiger partial charge in [0.15, 0.2) is 0 Å². The van der Waals surface area contributed by atoms with Crippen LogP contribution in [0.3, 0.4) is 0 Å². The van der Waals surface area contributed by atoms with Gasteiger partial charge in [-0.1, -0.05) is 37.3 Å². The van der Waals surface area contributed by atoms with Crippen LogP contribution in [-0.2, 0) is 0 Å². The fourth-order valence-corrected chi connectivity index (χ4v) is 1.69. The van der Waals surface area contributed by atoms with Gasteiger partial charge in [0, 0.05) is 0 Å². The minimum Gasteiger partial charge on any atom is -0.388 e. The molecule has 0 spiro atoms. The Kier molecular flexibility index (Phi) is 3.67. The molecule has 0 aliphatic heterocycles. The highest BCUT2D eigenvalue weighted by molar-refractivity contribution is 5.21. The van der Waals surface area contributed by atoms with E-state index in [9.17, 15) is 5.11 Å². The van der Waals surface area contributed by atoms with Gasteiger partial charge in [-0.15, -0.1) is 0 Å². The van der Waals surface area contributed by atoms with E-state index < -0.39 is 5.60 Å². The number of hydrogen-bond acceptors (Lipinski definition) is 2. The fraction of sp³-hybridized carbons (Fsp3) is 0.500. The first-order chi connectivity index (χ1) is 6.61. The molecule has 14 heavy (non-hydrogen) atoms. The van der Waals surface area contributed by atoms with E-state index in [4.69, 9.17) is 0 Å². The summed E-state index contributed by atoms with van der Waals surface area (Å²) in [7, 11) is 1.88. The number of nitrogens with one attached hydrogen (secondary N) is 1. The molecular weight excluding hydrogens is 174 g/mol. The molecular formula is C12H19NO. The van der Waals surface area contributed by atoms with Gasteiger partial charge in [0.05, 0.1) is 11.6 Å². The lowest BCUT2D eigenvalue weighted by Gasteiger charge is -2.32. The Morgan fingerprint density at radius 1 is 1.36 bits per heavy atom. The summed E-state index contributed by atoms with van der Waals surface area (Å²) in [5.41, 5.74) is 0.428. The van der Waals surface area contributed by atoms with Crippen molar-refractivity contribution in [2.45, 2.75) is 31.9 Å². The predicted molar refractivity (Wildman–Crippen MR) is 59.2 cm³/mol. The highest BCUT2D eigenvalue weighted by Crippen LogP contribution is 2.27. The molecule has 0 aromatic heterocycles. The van der Waals surface area contributed by atoms with Gasteiger partial charge < -0.3 is 10.4 Å². The minimum absolute atomic E-state index is 0.00583. The maximum Gasteiger partial charge on any atom is 0.0810 e. The van der Waals surface area contributed by atoms with Crippen molar-refractivity contribution in [3.63, 3.8) is 0 Å². The Hall–Kier alpha value is -0.860. The lowest BCUT2D eigenvalue weighted by molar-refractivity contribution is 0.0174. The van der Waals surface area contributed by atoms with Crippen molar-refractivity contribution in [2.24, 2.45) is 0 Å². The normalized spacial score (nSPS) is 17.4. The molecule has 0 amide bonds. The van der Waals surface area contributed by atoms with Crippen LogP contribution in [0.1, 0.15) is 31.9 Å². The molecule has 0 bridgehead atoms. The van der Waals surface area contributed by atoms with E-state index in [1.807, 2.05) is 51.2 Å². The fourth-order valence-electron chi connectivity index (χ4n) is 1.69. The molecule has 0 radical (unpaired) electrons. The summed E-state index contributed by atoms with van der Waals surface area (Å²) >= 11 is 0. The molecule has 1 rings (SSSR count). The largest absolute Gasteiger partial charge is 0.388 e. The second-order valence-electron chi connectivity index (χ2n) is 3.84. The number of benzene rings is 1. The van der Waals surface area contributed by atoms with Gasteiger partial charge in [-0.3, -0.25) is 0 Å². The molecule has 0 unspecified atom stereocenters. The molecule has 1 aromatic carbocycles. The highest BCUT2D eigenvalue weighted by atomic mass is 16.3. The molecule has 0 fully saturated rings. The van der Waals surface area contributed by atoms with Gasteiger partial charge in [0.25, 0.3) is 0 Å². The van der Waals surface area contributed by atoms with Gasteiger partial charge in [-0.05, 0) is 26.0 Å². The van der Waals surface area contributed by atoms with Crippen LogP contribution in [0.2, 0.25) is 0 Å². The average molecular weight is 193 g/mol. The SMILES string of the molecule is CC[C@@](C)(O)[C@H](NC)c1ccccc1. The van der Waals surface area contributed by atoms with E-state index in [2.05, 4.69) is 5.32 Å². The van der Waals surface area contributed by atoms with Crippen LogP contribution in [0.5, 0.6) is 0 Å². The molecule has 78 valence electrons. The lowest BCUT2D eigenvalue weighted by atomic mass is 9.88. The first-order valence-corrected chi connectivity index (χ1v) is 5.06. The van der Waals surface area contributed by atoms with Crippen LogP contribution in [0.4, 0.5) is 0 Å². The Balaban J connectivity index is 2.93. The van der Waals surface area contributed by atoms with E-state index in [1.165, 1.54) is 0 Å². The second-order valence-corrected chi connectivity index (χ2v) is 3.84. The van der Waals surface area contributed by atoms with Gasteiger partial charge >= 0.3 is 0 Å². The lowest BCUT2D eigenvalue weighted by Crippen LogP contribution is -2.39. The molecule has 0 aliphatic carbocycles. The van der Waals surface area contributed by atoms with Crippen molar-refractivity contribution in [3.8, 4) is 0 Å². The Labute approximate surface area is 86.0 Å². The maximum absolute atomic E-state index is 10.2. The summed E-state index contributed by atoms with van der Waals surface area (Å²) in [6.07, 6.45) is 0.730. The van der Waals surface area contributed by atoms with Crippen LogP contribution >= 0.6 is 0 Å².